The Hall–Kier alpha value is -1.59. The molecule has 0 unspecified atom stereocenters. The van der Waals surface area contributed by atoms with Crippen LogP contribution in [0.15, 0.2) is 24.3 Å². The molecule has 2 aliphatic heterocycles. The summed E-state index contributed by atoms with van der Waals surface area (Å²) in [7, 11) is 2.01. The third-order valence-corrected chi connectivity index (χ3v) is 6.00. The quantitative estimate of drug-likeness (QED) is 0.847. The molecule has 144 valence electrons. The Kier molecular flexibility index (Phi) is 6.92. The number of anilines is 1. The molecule has 1 amide bonds. The predicted molar refractivity (Wildman–Crippen MR) is 108 cm³/mol. The smallest absolute Gasteiger partial charge is 0.253 e. The summed E-state index contributed by atoms with van der Waals surface area (Å²) in [4.78, 5) is 19.7. The van der Waals surface area contributed by atoms with Crippen LogP contribution >= 0.6 is 0 Å². The maximum atomic E-state index is 12.8. The Morgan fingerprint density at radius 3 is 2.27 bits per heavy atom. The molecule has 0 spiro atoms. The highest BCUT2D eigenvalue weighted by Crippen LogP contribution is 2.23. The van der Waals surface area contributed by atoms with Crippen molar-refractivity contribution in [2.75, 3.05) is 64.3 Å². The highest BCUT2D eigenvalue weighted by atomic mass is 16.2. The van der Waals surface area contributed by atoms with E-state index in [1.165, 1.54) is 12.1 Å². The molecule has 5 heteroatoms. The third kappa shape index (κ3) is 4.77. The fraction of sp³-hybridized carbons (Fsp3) is 0.667. The average Bonchev–Trinajstić information content (AvgIpc) is 2.72. The van der Waals surface area contributed by atoms with Gasteiger partial charge in [0.15, 0.2) is 0 Å². The van der Waals surface area contributed by atoms with Crippen molar-refractivity contribution in [1.29, 1.82) is 0 Å². The number of rotatable bonds is 6. The SMILES string of the molecule is CCN1CCN(c2ccc(C(=O)N3CCC(CCNC)CC3)cc2)CC1. The number of carbonyl (C=O) groups excluding carboxylic acids is 1. The van der Waals surface area contributed by atoms with Crippen LogP contribution in [0.2, 0.25) is 0 Å². The average molecular weight is 359 g/mol. The van der Waals surface area contributed by atoms with E-state index < -0.39 is 0 Å². The van der Waals surface area contributed by atoms with Gasteiger partial charge in [-0.15, -0.1) is 0 Å². The van der Waals surface area contributed by atoms with E-state index in [0.29, 0.717) is 0 Å². The zero-order valence-corrected chi connectivity index (χ0v) is 16.4. The molecule has 1 N–H and O–H groups in total. The van der Waals surface area contributed by atoms with Gasteiger partial charge in [0, 0.05) is 50.5 Å². The van der Waals surface area contributed by atoms with Crippen LogP contribution < -0.4 is 10.2 Å². The first-order valence-electron chi connectivity index (χ1n) is 10.2. The van der Waals surface area contributed by atoms with E-state index in [9.17, 15) is 4.79 Å². The molecule has 1 aromatic carbocycles. The molecule has 2 saturated heterocycles. The molecule has 0 aliphatic carbocycles. The number of piperazine rings is 1. The number of amides is 1. The fourth-order valence-corrected chi connectivity index (χ4v) is 4.09. The Bertz CT molecular complexity index is 558. The van der Waals surface area contributed by atoms with E-state index in [4.69, 9.17) is 0 Å². The first-order valence-corrected chi connectivity index (χ1v) is 10.2. The van der Waals surface area contributed by atoms with Crippen molar-refractivity contribution in [3.05, 3.63) is 29.8 Å². The zero-order valence-electron chi connectivity index (χ0n) is 16.4. The van der Waals surface area contributed by atoms with Gasteiger partial charge in [-0.1, -0.05) is 6.92 Å². The number of nitrogens with zero attached hydrogens (tertiary/aromatic N) is 3. The minimum Gasteiger partial charge on any atom is -0.369 e. The topological polar surface area (TPSA) is 38.8 Å². The summed E-state index contributed by atoms with van der Waals surface area (Å²) in [5, 5.41) is 3.23. The monoisotopic (exact) mass is 358 g/mol. The third-order valence-electron chi connectivity index (χ3n) is 6.00. The number of carbonyl (C=O) groups is 1. The summed E-state index contributed by atoms with van der Waals surface area (Å²) in [5.41, 5.74) is 2.07. The molecule has 5 nitrogen and oxygen atoms in total. The highest BCUT2D eigenvalue weighted by molar-refractivity contribution is 5.94. The van der Waals surface area contributed by atoms with E-state index in [2.05, 4.69) is 34.2 Å². The maximum absolute atomic E-state index is 12.8. The Morgan fingerprint density at radius 2 is 1.69 bits per heavy atom. The molecule has 0 aromatic heterocycles. The minimum atomic E-state index is 0.194. The molecule has 3 rings (SSSR count). The van der Waals surface area contributed by atoms with E-state index in [-0.39, 0.29) is 5.91 Å². The molecule has 26 heavy (non-hydrogen) atoms. The van der Waals surface area contributed by atoms with Gasteiger partial charge in [-0.2, -0.15) is 0 Å². The molecule has 1 aromatic rings. The van der Waals surface area contributed by atoms with Gasteiger partial charge < -0.3 is 20.0 Å². The Balaban J connectivity index is 1.51. The lowest BCUT2D eigenvalue weighted by Crippen LogP contribution is -2.46. The molecular formula is C21H34N4O. The van der Waals surface area contributed by atoms with E-state index in [1.807, 2.05) is 24.1 Å². The van der Waals surface area contributed by atoms with Crippen molar-refractivity contribution in [3.63, 3.8) is 0 Å². The number of benzene rings is 1. The molecule has 2 aliphatic rings. The first-order chi connectivity index (χ1) is 12.7. The molecule has 0 radical (unpaired) electrons. The van der Waals surface area contributed by atoms with Crippen LogP contribution in [0.5, 0.6) is 0 Å². The predicted octanol–water partition coefficient (Wildman–Crippen LogP) is 2.29. The summed E-state index contributed by atoms with van der Waals surface area (Å²) >= 11 is 0. The lowest BCUT2D eigenvalue weighted by Gasteiger charge is -2.35. The number of nitrogens with one attached hydrogen (secondary N) is 1. The number of piperidine rings is 1. The van der Waals surface area contributed by atoms with Crippen LogP contribution in [0, 0.1) is 5.92 Å². The second-order valence-electron chi connectivity index (χ2n) is 7.60. The summed E-state index contributed by atoms with van der Waals surface area (Å²) in [6.07, 6.45) is 3.49. The molecule has 2 heterocycles. The van der Waals surface area contributed by atoms with Crippen molar-refractivity contribution < 1.29 is 4.79 Å². The molecule has 0 saturated carbocycles. The van der Waals surface area contributed by atoms with Crippen molar-refractivity contribution in [3.8, 4) is 0 Å². The van der Waals surface area contributed by atoms with Gasteiger partial charge in [-0.05, 0) is 69.6 Å². The lowest BCUT2D eigenvalue weighted by molar-refractivity contribution is 0.0687. The fourth-order valence-electron chi connectivity index (χ4n) is 4.09. The van der Waals surface area contributed by atoms with Crippen molar-refractivity contribution in [2.24, 2.45) is 5.92 Å². The Labute approximate surface area is 158 Å². The normalized spacial score (nSPS) is 19.8. The summed E-state index contributed by atoms with van der Waals surface area (Å²) in [6, 6.07) is 8.26. The van der Waals surface area contributed by atoms with Crippen LogP contribution in [0.25, 0.3) is 0 Å². The van der Waals surface area contributed by atoms with Gasteiger partial charge in [-0.3, -0.25) is 4.79 Å². The molecule has 2 fully saturated rings. The second kappa shape index (κ2) is 9.38. The van der Waals surface area contributed by atoms with E-state index in [1.54, 1.807) is 0 Å². The van der Waals surface area contributed by atoms with Gasteiger partial charge in [-0.25, -0.2) is 0 Å². The second-order valence-corrected chi connectivity index (χ2v) is 7.60. The molecule has 0 bridgehead atoms. The number of likely N-dealkylation sites (N-methyl/N-ethyl adjacent to an activating group) is 1. The lowest BCUT2D eigenvalue weighted by atomic mass is 9.93. The van der Waals surface area contributed by atoms with E-state index in [0.717, 1.165) is 76.7 Å². The van der Waals surface area contributed by atoms with Crippen molar-refractivity contribution in [1.82, 2.24) is 15.1 Å². The number of hydrogen-bond donors (Lipinski definition) is 1. The van der Waals surface area contributed by atoms with Crippen LogP contribution in [-0.2, 0) is 0 Å². The van der Waals surface area contributed by atoms with Gasteiger partial charge in [0.25, 0.3) is 5.91 Å². The van der Waals surface area contributed by atoms with Crippen LogP contribution in [0.3, 0.4) is 0 Å². The standard InChI is InChI=1S/C21H34N4O/c1-3-23-14-16-24(17-15-23)20-6-4-19(5-7-20)21(26)25-12-9-18(10-13-25)8-11-22-2/h4-7,18,22H,3,8-17H2,1-2H3. The van der Waals surface area contributed by atoms with Gasteiger partial charge in [0.2, 0.25) is 0 Å². The molecular weight excluding hydrogens is 324 g/mol. The largest absolute Gasteiger partial charge is 0.369 e. The zero-order chi connectivity index (χ0) is 18.4. The number of likely N-dealkylation sites (tertiary alicyclic amines) is 1. The van der Waals surface area contributed by atoms with Crippen molar-refractivity contribution in [2.45, 2.75) is 26.2 Å². The first kappa shape index (κ1) is 19.2. The number of hydrogen-bond acceptors (Lipinski definition) is 4. The van der Waals surface area contributed by atoms with Gasteiger partial charge in [0.1, 0.15) is 0 Å². The van der Waals surface area contributed by atoms with Gasteiger partial charge >= 0.3 is 0 Å². The summed E-state index contributed by atoms with van der Waals surface area (Å²) < 4.78 is 0. The maximum Gasteiger partial charge on any atom is 0.253 e. The van der Waals surface area contributed by atoms with Gasteiger partial charge in [0.05, 0.1) is 0 Å². The summed E-state index contributed by atoms with van der Waals surface area (Å²) in [5.74, 6) is 0.954. The van der Waals surface area contributed by atoms with E-state index >= 15 is 0 Å². The van der Waals surface area contributed by atoms with Crippen molar-refractivity contribution >= 4 is 11.6 Å². The highest BCUT2D eigenvalue weighted by Gasteiger charge is 2.23. The molecule has 0 atom stereocenters. The minimum absolute atomic E-state index is 0.194. The van der Waals surface area contributed by atoms with Crippen LogP contribution in [0.4, 0.5) is 5.69 Å². The van der Waals surface area contributed by atoms with Crippen LogP contribution in [-0.4, -0.2) is 75.1 Å². The Morgan fingerprint density at radius 1 is 1.04 bits per heavy atom. The van der Waals surface area contributed by atoms with Crippen LogP contribution in [0.1, 0.15) is 36.5 Å². The summed E-state index contributed by atoms with van der Waals surface area (Å²) in [6.45, 7) is 10.6.